The molecule has 13 heavy (non-hydrogen) atoms. The summed E-state index contributed by atoms with van der Waals surface area (Å²) in [6.07, 6.45) is 1.23. The minimum absolute atomic E-state index is 0.0411. The fourth-order valence-corrected chi connectivity index (χ4v) is 0.666. The van der Waals surface area contributed by atoms with E-state index >= 15 is 0 Å². The highest BCUT2D eigenvalue weighted by molar-refractivity contribution is 5.93. The van der Waals surface area contributed by atoms with E-state index in [1.54, 1.807) is 13.0 Å². The first-order valence-corrected chi connectivity index (χ1v) is 3.61. The highest BCUT2D eigenvalue weighted by atomic mass is 16.5. The lowest BCUT2D eigenvalue weighted by Gasteiger charge is -2.01. The Morgan fingerprint density at radius 1 is 1.77 bits per heavy atom. The van der Waals surface area contributed by atoms with Crippen molar-refractivity contribution in [2.24, 2.45) is 4.99 Å². The van der Waals surface area contributed by atoms with Gasteiger partial charge in [-0.15, -0.1) is 0 Å². The van der Waals surface area contributed by atoms with Crippen molar-refractivity contribution in [3.05, 3.63) is 23.9 Å². The van der Waals surface area contributed by atoms with Crippen molar-refractivity contribution in [1.82, 2.24) is 0 Å². The Morgan fingerprint density at radius 2 is 2.38 bits per heavy atom. The summed E-state index contributed by atoms with van der Waals surface area (Å²) in [5, 5.41) is 8.55. The van der Waals surface area contributed by atoms with E-state index in [9.17, 15) is 4.79 Å². The predicted molar refractivity (Wildman–Crippen MR) is 49.0 cm³/mol. The second-order valence-corrected chi connectivity index (χ2v) is 1.96. The van der Waals surface area contributed by atoms with Gasteiger partial charge in [0.2, 0.25) is 0 Å². The zero-order valence-electron chi connectivity index (χ0n) is 7.41. The van der Waals surface area contributed by atoms with Crippen molar-refractivity contribution in [2.45, 2.75) is 6.92 Å². The molecule has 0 unspecified atom stereocenters. The molecule has 0 atom stereocenters. The molecule has 68 valence electrons. The number of nitriles is 1. The van der Waals surface area contributed by atoms with Crippen LogP contribution in [0, 0.1) is 11.3 Å². The van der Waals surface area contributed by atoms with Gasteiger partial charge in [0.05, 0.1) is 12.2 Å². The molecule has 0 saturated heterocycles. The molecular weight excluding hydrogens is 168 g/mol. The van der Waals surface area contributed by atoms with E-state index in [-0.39, 0.29) is 17.9 Å². The Hall–Kier alpha value is -1.89. The molecule has 0 rings (SSSR count). The number of ether oxygens (including phenoxy) is 1. The van der Waals surface area contributed by atoms with Gasteiger partial charge in [0.15, 0.2) is 5.70 Å². The third-order valence-corrected chi connectivity index (χ3v) is 1.22. The Labute approximate surface area is 76.8 Å². The van der Waals surface area contributed by atoms with Crippen LogP contribution in [-0.4, -0.2) is 19.3 Å². The Kier molecular flexibility index (Phi) is 4.89. The number of esters is 1. The summed E-state index contributed by atoms with van der Waals surface area (Å²) in [6, 6.07) is 1.72. The second kappa shape index (κ2) is 5.72. The van der Waals surface area contributed by atoms with E-state index < -0.39 is 5.97 Å². The van der Waals surface area contributed by atoms with Gasteiger partial charge < -0.3 is 4.74 Å². The van der Waals surface area contributed by atoms with Crippen molar-refractivity contribution >= 4 is 12.7 Å². The van der Waals surface area contributed by atoms with Gasteiger partial charge in [-0.05, 0) is 13.6 Å². The number of hydrogen-bond donors (Lipinski definition) is 0. The number of nitrogens with zero attached hydrogens (tertiary/aromatic N) is 2. The minimum atomic E-state index is -0.610. The summed E-state index contributed by atoms with van der Waals surface area (Å²) in [5.41, 5.74) is -0.0344. The van der Waals surface area contributed by atoms with Gasteiger partial charge in [-0.2, -0.15) is 5.26 Å². The van der Waals surface area contributed by atoms with Crippen LogP contribution in [0.15, 0.2) is 28.9 Å². The molecule has 0 amide bonds. The standard InChI is InChI=1S/C9H10N2O2/c1-4-7(8(6-10)11-3)9(12)13-5-2/h4H,1,3,5H2,2H3/b8-7+. The molecule has 0 aromatic rings. The molecule has 0 aromatic heterocycles. The normalized spacial score (nSPS) is 10.8. The van der Waals surface area contributed by atoms with Crippen LogP contribution >= 0.6 is 0 Å². The molecule has 0 aliphatic carbocycles. The van der Waals surface area contributed by atoms with Crippen molar-refractivity contribution < 1.29 is 9.53 Å². The first-order chi connectivity index (χ1) is 6.21. The number of aliphatic imine (C=N–C) groups is 1. The molecule has 0 radical (unpaired) electrons. The Morgan fingerprint density at radius 3 is 2.69 bits per heavy atom. The monoisotopic (exact) mass is 178 g/mol. The van der Waals surface area contributed by atoms with Crippen LogP contribution in [0.1, 0.15) is 6.92 Å². The van der Waals surface area contributed by atoms with Gasteiger partial charge in [0.25, 0.3) is 0 Å². The van der Waals surface area contributed by atoms with E-state index in [0.29, 0.717) is 0 Å². The van der Waals surface area contributed by atoms with E-state index in [1.807, 2.05) is 0 Å². The third kappa shape index (κ3) is 2.91. The molecule has 0 aromatic carbocycles. The summed E-state index contributed by atoms with van der Waals surface area (Å²) in [4.78, 5) is 14.5. The Balaban J connectivity index is 4.98. The molecule has 0 saturated carbocycles. The highest BCUT2D eigenvalue weighted by Gasteiger charge is 2.11. The van der Waals surface area contributed by atoms with Crippen LogP contribution in [0.4, 0.5) is 0 Å². The van der Waals surface area contributed by atoms with Gasteiger partial charge in [-0.1, -0.05) is 12.7 Å². The lowest BCUT2D eigenvalue weighted by Crippen LogP contribution is -2.07. The van der Waals surface area contributed by atoms with Crippen LogP contribution < -0.4 is 0 Å². The third-order valence-electron chi connectivity index (χ3n) is 1.22. The summed E-state index contributed by atoms with van der Waals surface area (Å²) in [7, 11) is 0. The van der Waals surface area contributed by atoms with Gasteiger partial charge in [0, 0.05) is 0 Å². The van der Waals surface area contributed by atoms with Crippen LogP contribution in [0.2, 0.25) is 0 Å². The number of hydrogen-bond acceptors (Lipinski definition) is 4. The fourth-order valence-electron chi connectivity index (χ4n) is 0.666. The van der Waals surface area contributed by atoms with Gasteiger partial charge >= 0.3 is 5.97 Å². The maximum Gasteiger partial charge on any atom is 0.341 e. The maximum atomic E-state index is 11.1. The number of carbonyl (C=O) groups is 1. The smallest absolute Gasteiger partial charge is 0.341 e. The first kappa shape index (κ1) is 11.1. The van der Waals surface area contributed by atoms with E-state index in [4.69, 9.17) is 5.26 Å². The second-order valence-electron chi connectivity index (χ2n) is 1.96. The van der Waals surface area contributed by atoms with Gasteiger partial charge in [-0.3, -0.25) is 4.99 Å². The Bertz CT molecular complexity index is 297. The highest BCUT2D eigenvalue weighted by Crippen LogP contribution is 2.07. The SMILES string of the molecule is C=C/C(C(=O)OCC)=C(/C#N)N=C. The van der Waals surface area contributed by atoms with E-state index in [2.05, 4.69) is 23.0 Å². The molecule has 0 fully saturated rings. The molecular formula is C9H10N2O2. The first-order valence-electron chi connectivity index (χ1n) is 3.61. The number of rotatable bonds is 4. The van der Waals surface area contributed by atoms with Crippen LogP contribution in [0.3, 0.4) is 0 Å². The van der Waals surface area contributed by atoms with Crippen molar-refractivity contribution in [3.8, 4) is 6.07 Å². The average molecular weight is 178 g/mol. The average Bonchev–Trinajstić information content (AvgIpc) is 2.14. The predicted octanol–water partition coefficient (Wildman–Crippen LogP) is 1.21. The molecule has 0 N–H and O–H groups in total. The van der Waals surface area contributed by atoms with Crippen LogP contribution in [0.5, 0.6) is 0 Å². The molecule has 0 heterocycles. The topological polar surface area (TPSA) is 62.5 Å². The van der Waals surface area contributed by atoms with Gasteiger partial charge in [-0.25, -0.2) is 4.79 Å². The number of allylic oxidation sites excluding steroid dienone is 1. The largest absolute Gasteiger partial charge is 0.462 e. The van der Waals surface area contributed by atoms with Crippen LogP contribution in [0.25, 0.3) is 0 Å². The fraction of sp³-hybridized carbons (Fsp3) is 0.222. The van der Waals surface area contributed by atoms with Crippen molar-refractivity contribution in [2.75, 3.05) is 6.61 Å². The van der Waals surface area contributed by atoms with Gasteiger partial charge in [0.1, 0.15) is 6.07 Å². The molecule has 0 spiro atoms. The van der Waals surface area contributed by atoms with E-state index in [1.165, 1.54) is 6.08 Å². The minimum Gasteiger partial charge on any atom is -0.462 e. The number of carbonyl (C=O) groups excluding carboxylic acids is 1. The van der Waals surface area contributed by atoms with Crippen molar-refractivity contribution in [1.29, 1.82) is 5.26 Å². The lowest BCUT2D eigenvalue weighted by atomic mass is 10.2. The zero-order valence-corrected chi connectivity index (χ0v) is 7.41. The lowest BCUT2D eigenvalue weighted by molar-refractivity contribution is -0.138. The van der Waals surface area contributed by atoms with Crippen molar-refractivity contribution in [3.63, 3.8) is 0 Å². The maximum absolute atomic E-state index is 11.1. The zero-order chi connectivity index (χ0) is 10.3. The molecule has 0 aliphatic heterocycles. The molecule has 0 bridgehead atoms. The summed E-state index contributed by atoms with van der Waals surface area (Å²) < 4.78 is 4.67. The molecule has 0 aliphatic rings. The quantitative estimate of drug-likeness (QED) is 0.214. The molecule has 4 heteroatoms. The van der Waals surface area contributed by atoms with E-state index in [0.717, 1.165) is 0 Å². The molecule has 4 nitrogen and oxygen atoms in total. The van der Waals surface area contributed by atoms with Crippen LogP contribution in [-0.2, 0) is 9.53 Å². The summed E-state index contributed by atoms with van der Waals surface area (Å²) in [6.45, 7) is 8.46. The summed E-state index contributed by atoms with van der Waals surface area (Å²) >= 11 is 0. The summed E-state index contributed by atoms with van der Waals surface area (Å²) in [5.74, 6) is -0.610.